The highest BCUT2D eigenvalue weighted by molar-refractivity contribution is 7.59. The zero-order valence-electron chi connectivity index (χ0n) is 10.6. The number of anilines is 1. The second kappa shape index (κ2) is 5.54. The first kappa shape index (κ1) is 14.4. The predicted octanol–water partition coefficient (Wildman–Crippen LogP) is 3.12. The molecule has 2 aromatic carbocycles. The standard InChI is InChI=1S/C15H12FNO2.H2S/c16-11-3-5-12(6-4-11)17-14(9-15(17)19)10-1-7-13(18)8-2-10;/h1-8,14,18H,9H2;1H2/t14-;/m0./s1. The Morgan fingerprint density at radius 3 is 2.20 bits per heavy atom. The molecule has 1 amide bonds. The number of β-lactam (4-membered cyclic amide) rings is 1. The number of rotatable bonds is 2. The number of carbonyl (C=O) groups excluding carboxylic acids is 1. The Morgan fingerprint density at radius 2 is 1.65 bits per heavy atom. The van der Waals surface area contributed by atoms with Crippen molar-refractivity contribution in [1.29, 1.82) is 0 Å². The molecular weight excluding hydrogens is 277 g/mol. The highest BCUT2D eigenvalue weighted by atomic mass is 32.1. The number of aromatic hydroxyl groups is 1. The van der Waals surface area contributed by atoms with Crippen molar-refractivity contribution in [2.75, 3.05) is 4.90 Å². The topological polar surface area (TPSA) is 40.5 Å². The smallest absolute Gasteiger partial charge is 0.230 e. The Balaban J connectivity index is 0.00000147. The summed E-state index contributed by atoms with van der Waals surface area (Å²) in [6.07, 6.45) is 0.433. The van der Waals surface area contributed by atoms with Gasteiger partial charge >= 0.3 is 0 Å². The molecule has 1 aliphatic rings. The van der Waals surface area contributed by atoms with Crippen molar-refractivity contribution in [2.24, 2.45) is 0 Å². The molecule has 1 saturated heterocycles. The van der Waals surface area contributed by atoms with Crippen molar-refractivity contribution in [3.8, 4) is 5.75 Å². The summed E-state index contributed by atoms with van der Waals surface area (Å²) in [4.78, 5) is 13.4. The quantitative estimate of drug-likeness (QED) is 0.864. The lowest BCUT2D eigenvalue weighted by Crippen LogP contribution is -2.46. The molecule has 0 unspecified atom stereocenters. The Hall–Kier alpha value is -2.01. The zero-order chi connectivity index (χ0) is 13.4. The van der Waals surface area contributed by atoms with E-state index < -0.39 is 0 Å². The highest BCUT2D eigenvalue weighted by Gasteiger charge is 2.38. The first-order chi connectivity index (χ1) is 9.15. The van der Waals surface area contributed by atoms with Crippen LogP contribution >= 0.6 is 13.5 Å². The Labute approximate surface area is 123 Å². The van der Waals surface area contributed by atoms with Gasteiger partial charge in [-0.2, -0.15) is 13.5 Å². The van der Waals surface area contributed by atoms with Crippen molar-refractivity contribution in [3.63, 3.8) is 0 Å². The third kappa shape index (κ3) is 2.49. The largest absolute Gasteiger partial charge is 0.508 e. The fourth-order valence-electron chi connectivity index (χ4n) is 2.31. The van der Waals surface area contributed by atoms with Gasteiger partial charge in [0.2, 0.25) is 5.91 Å². The third-order valence-electron chi connectivity index (χ3n) is 3.33. The molecule has 5 heteroatoms. The molecule has 1 N–H and O–H groups in total. The number of hydrogen-bond acceptors (Lipinski definition) is 2. The molecular formula is C15H14FNO2S. The first-order valence-corrected chi connectivity index (χ1v) is 6.02. The van der Waals surface area contributed by atoms with Gasteiger partial charge in [-0.15, -0.1) is 0 Å². The molecule has 104 valence electrons. The van der Waals surface area contributed by atoms with Crippen LogP contribution in [0.25, 0.3) is 0 Å². The molecule has 0 saturated carbocycles. The molecule has 0 radical (unpaired) electrons. The van der Waals surface area contributed by atoms with Crippen LogP contribution in [0.1, 0.15) is 18.0 Å². The van der Waals surface area contributed by atoms with Gasteiger partial charge in [-0.1, -0.05) is 12.1 Å². The van der Waals surface area contributed by atoms with Gasteiger partial charge in [-0.05, 0) is 42.0 Å². The van der Waals surface area contributed by atoms with E-state index in [0.29, 0.717) is 12.1 Å². The predicted molar refractivity (Wildman–Crippen MR) is 79.7 cm³/mol. The average Bonchev–Trinajstić information content (AvgIpc) is 2.40. The summed E-state index contributed by atoms with van der Waals surface area (Å²) in [5.74, 6) is -0.106. The molecule has 3 nitrogen and oxygen atoms in total. The maximum absolute atomic E-state index is 12.9. The van der Waals surface area contributed by atoms with E-state index in [-0.39, 0.29) is 37.0 Å². The third-order valence-corrected chi connectivity index (χ3v) is 3.33. The van der Waals surface area contributed by atoms with E-state index in [1.807, 2.05) is 0 Å². The molecule has 3 rings (SSSR count). The van der Waals surface area contributed by atoms with Crippen LogP contribution in [0.3, 0.4) is 0 Å². The van der Waals surface area contributed by atoms with Gasteiger partial charge in [-0.3, -0.25) is 4.79 Å². The number of hydrogen-bond donors (Lipinski definition) is 1. The van der Waals surface area contributed by atoms with Gasteiger partial charge < -0.3 is 10.0 Å². The minimum Gasteiger partial charge on any atom is -0.508 e. The molecule has 0 aliphatic carbocycles. The molecule has 0 bridgehead atoms. The Morgan fingerprint density at radius 1 is 1.05 bits per heavy atom. The molecule has 1 aliphatic heterocycles. The fourth-order valence-corrected chi connectivity index (χ4v) is 2.31. The van der Waals surface area contributed by atoms with Crippen molar-refractivity contribution in [1.82, 2.24) is 0 Å². The van der Waals surface area contributed by atoms with Crippen LogP contribution in [-0.4, -0.2) is 11.0 Å². The Kier molecular flexibility index (Phi) is 3.99. The summed E-state index contributed by atoms with van der Waals surface area (Å²) in [5.41, 5.74) is 1.65. The van der Waals surface area contributed by atoms with Gasteiger partial charge in [0.25, 0.3) is 0 Å². The lowest BCUT2D eigenvalue weighted by atomic mass is 9.93. The van der Waals surface area contributed by atoms with E-state index in [0.717, 1.165) is 5.56 Å². The molecule has 1 heterocycles. The van der Waals surface area contributed by atoms with E-state index in [2.05, 4.69) is 0 Å². The van der Waals surface area contributed by atoms with Gasteiger partial charge in [-0.25, -0.2) is 4.39 Å². The second-order valence-electron chi connectivity index (χ2n) is 4.55. The number of amides is 1. The fraction of sp³-hybridized carbons (Fsp3) is 0.133. The SMILES string of the molecule is O=C1C[C@@H](c2ccc(O)cc2)N1c1ccc(F)cc1.S. The van der Waals surface area contributed by atoms with Crippen molar-refractivity contribution in [3.05, 3.63) is 59.9 Å². The number of nitrogens with zero attached hydrogens (tertiary/aromatic N) is 1. The molecule has 2 aromatic rings. The van der Waals surface area contributed by atoms with Crippen LogP contribution in [0.4, 0.5) is 10.1 Å². The minimum atomic E-state index is -0.321. The van der Waals surface area contributed by atoms with Crippen molar-refractivity contribution >= 4 is 25.1 Å². The van der Waals surface area contributed by atoms with Crippen LogP contribution < -0.4 is 4.90 Å². The monoisotopic (exact) mass is 291 g/mol. The zero-order valence-corrected chi connectivity index (χ0v) is 11.6. The van der Waals surface area contributed by atoms with Crippen LogP contribution in [0.2, 0.25) is 0 Å². The van der Waals surface area contributed by atoms with Gasteiger partial charge in [0, 0.05) is 5.69 Å². The summed E-state index contributed by atoms with van der Waals surface area (Å²) in [7, 11) is 0. The summed E-state index contributed by atoms with van der Waals surface area (Å²) >= 11 is 0. The van der Waals surface area contributed by atoms with Crippen LogP contribution in [0.5, 0.6) is 5.75 Å². The Bertz CT molecular complexity index is 613. The molecule has 0 spiro atoms. The first-order valence-electron chi connectivity index (χ1n) is 6.02. The maximum atomic E-state index is 12.9. The number of phenols is 1. The van der Waals surface area contributed by atoms with Crippen LogP contribution in [-0.2, 0) is 4.79 Å². The normalized spacial score (nSPS) is 17.4. The number of phenolic OH excluding ortho intramolecular Hbond substituents is 1. The van der Waals surface area contributed by atoms with Gasteiger partial charge in [0.15, 0.2) is 0 Å². The summed E-state index contributed by atoms with van der Waals surface area (Å²) in [6.45, 7) is 0. The molecule has 0 aromatic heterocycles. The van der Waals surface area contributed by atoms with E-state index in [4.69, 9.17) is 0 Å². The van der Waals surface area contributed by atoms with Crippen molar-refractivity contribution in [2.45, 2.75) is 12.5 Å². The number of carbonyl (C=O) groups is 1. The summed E-state index contributed by atoms with van der Waals surface area (Å²) in [5, 5.41) is 9.27. The van der Waals surface area contributed by atoms with E-state index >= 15 is 0 Å². The van der Waals surface area contributed by atoms with Gasteiger partial charge in [0.05, 0.1) is 12.5 Å². The lowest BCUT2D eigenvalue weighted by Gasteiger charge is -2.40. The average molecular weight is 291 g/mol. The lowest BCUT2D eigenvalue weighted by molar-refractivity contribution is -0.124. The molecule has 1 atom stereocenters. The second-order valence-corrected chi connectivity index (χ2v) is 4.55. The van der Waals surface area contributed by atoms with Crippen LogP contribution in [0.15, 0.2) is 48.5 Å². The van der Waals surface area contributed by atoms with Gasteiger partial charge in [0.1, 0.15) is 11.6 Å². The minimum absolute atomic E-state index is 0. The summed E-state index contributed by atoms with van der Waals surface area (Å²) < 4.78 is 12.9. The van der Waals surface area contributed by atoms with Crippen molar-refractivity contribution < 1.29 is 14.3 Å². The summed E-state index contributed by atoms with van der Waals surface area (Å²) in [6, 6.07) is 12.6. The highest BCUT2D eigenvalue weighted by Crippen LogP contribution is 2.39. The number of benzene rings is 2. The molecule has 20 heavy (non-hydrogen) atoms. The van der Waals surface area contributed by atoms with E-state index in [1.165, 1.54) is 12.1 Å². The maximum Gasteiger partial charge on any atom is 0.230 e. The molecule has 1 fully saturated rings. The van der Waals surface area contributed by atoms with Crippen LogP contribution in [0, 0.1) is 5.82 Å². The van der Waals surface area contributed by atoms with E-state index in [1.54, 1.807) is 41.3 Å². The number of halogens is 1. The van der Waals surface area contributed by atoms with E-state index in [9.17, 15) is 14.3 Å².